The number of carbonyl (C=O) groups excluding carboxylic acids is 1. The number of carbonyl (C=O) groups is 1. The minimum atomic E-state index is -0.383. The van der Waals surface area contributed by atoms with Crippen LogP contribution in [0.15, 0.2) is 16.7 Å². The highest BCUT2D eigenvalue weighted by Crippen LogP contribution is 2.18. The van der Waals surface area contributed by atoms with Crippen LogP contribution in [0.4, 0.5) is 0 Å². The molecular weight excluding hydrogens is 294 g/mol. The van der Waals surface area contributed by atoms with Gasteiger partial charge in [0.25, 0.3) is 5.91 Å². The molecule has 0 radical (unpaired) electrons. The molecule has 0 fully saturated rings. The van der Waals surface area contributed by atoms with Gasteiger partial charge in [0.2, 0.25) is 0 Å². The van der Waals surface area contributed by atoms with Crippen LogP contribution in [0.25, 0.3) is 0 Å². The van der Waals surface area contributed by atoms with Gasteiger partial charge in [0.05, 0.1) is 5.54 Å². The Hall–Kier alpha value is -0.810. The summed E-state index contributed by atoms with van der Waals surface area (Å²) in [5.41, 5.74) is 6.05. The predicted molar refractivity (Wildman–Crippen MR) is 77.6 cm³/mol. The fraction of sp³-hybridized carbons (Fsp3) is 0.615. The van der Waals surface area contributed by atoms with E-state index in [0.29, 0.717) is 12.2 Å². The van der Waals surface area contributed by atoms with Gasteiger partial charge in [0.1, 0.15) is 5.69 Å². The highest BCUT2D eigenvalue weighted by molar-refractivity contribution is 9.10. The maximum atomic E-state index is 12.3. The van der Waals surface area contributed by atoms with Crippen molar-refractivity contribution in [1.29, 1.82) is 0 Å². The number of rotatable bonds is 5. The first-order valence-corrected chi connectivity index (χ1v) is 7.01. The molecule has 1 rings (SSSR count). The number of hydrogen-bond acceptors (Lipinski definition) is 2. The van der Waals surface area contributed by atoms with Crippen molar-refractivity contribution in [3.63, 3.8) is 0 Å². The summed E-state index contributed by atoms with van der Waals surface area (Å²) in [6.45, 7) is 9.28. The van der Waals surface area contributed by atoms with E-state index in [4.69, 9.17) is 5.73 Å². The molecule has 1 unspecified atom stereocenters. The molecule has 1 atom stereocenters. The van der Waals surface area contributed by atoms with Crippen LogP contribution in [0.1, 0.15) is 38.2 Å². The van der Waals surface area contributed by atoms with Crippen molar-refractivity contribution >= 4 is 21.8 Å². The SMILES string of the molecule is CCn1cc(Br)cc1C(=O)NC(C)(CN)C(C)C. The Labute approximate surface area is 117 Å². The molecule has 4 nitrogen and oxygen atoms in total. The van der Waals surface area contributed by atoms with Gasteiger partial charge in [-0.2, -0.15) is 0 Å². The van der Waals surface area contributed by atoms with E-state index in [1.807, 2.05) is 30.7 Å². The summed E-state index contributed by atoms with van der Waals surface area (Å²) in [6, 6.07) is 1.83. The van der Waals surface area contributed by atoms with Crippen molar-refractivity contribution in [2.45, 2.75) is 39.8 Å². The molecule has 1 aromatic heterocycles. The third kappa shape index (κ3) is 3.14. The lowest BCUT2D eigenvalue weighted by Crippen LogP contribution is -2.55. The fourth-order valence-electron chi connectivity index (χ4n) is 1.68. The first-order chi connectivity index (χ1) is 8.34. The lowest BCUT2D eigenvalue weighted by atomic mass is 9.88. The molecule has 0 aliphatic carbocycles. The maximum absolute atomic E-state index is 12.3. The van der Waals surface area contributed by atoms with Gasteiger partial charge in [-0.05, 0) is 41.8 Å². The first-order valence-electron chi connectivity index (χ1n) is 6.22. The molecule has 5 heteroatoms. The number of nitrogens with zero attached hydrogens (tertiary/aromatic N) is 1. The van der Waals surface area contributed by atoms with Gasteiger partial charge in [-0.25, -0.2) is 0 Å². The van der Waals surface area contributed by atoms with Crippen LogP contribution >= 0.6 is 15.9 Å². The Balaban J connectivity index is 2.94. The van der Waals surface area contributed by atoms with E-state index in [0.717, 1.165) is 11.0 Å². The lowest BCUT2D eigenvalue weighted by Gasteiger charge is -2.33. The van der Waals surface area contributed by atoms with Gasteiger partial charge in [-0.3, -0.25) is 4.79 Å². The molecule has 1 aromatic rings. The zero-order valence-electron chi connectivity index (χ0n) is 11.5. The van der Waals surface area contributed by atoms with Crippen LogP contribution in [0.2, 0.25) is 0 Å². The standard InChI is InChI=1S/C13H22BrN3O/c1-5-17-7-10(14)6-11(17)12(18)16-13(4,8-15)9(2)3/h6-7,9H,5,8,15H2,1-4H3,(H,16,18). The van der Waals surface area contributed by atoms with Gasteiger partial charge in [0, 0.05) is 23.8 Å². The molecule has 18 heavy (non-hydrogen) atoms. The van der Waals surface area contributed by atoms with Crippen LogP contribution in [0.5, 0.6) is 0 Å². The topological polar surface area (TPSA) is 60.0 Å². The highest BCUT2D eigenvalue weighted by Gasteiger charge is 2.29. The third-order valence-corrected chi connectivity index (χ3v) is 3.97. The summed E-state index contributed by atoms with van der Waals surface area (Å²) in [6.07, 6.45) is 1.91. The van der Waals surface area contributed by atoms with Gasteiger partial charge < -0.3 is 15.6 Å². The number of nitrogens with one attached hydrogen (secondary N) is 1. The van der Waals surface area contributed by atoms with Crippen LogP contribution in [0, 0.1) is 5.92 Å². The van der Waals surface area contributed by atoms with Gasteiger partial charge in [0.15, 0.2) is 0 Å². The Bertz CT molecular complexity index is 428. The summed E-state index contributed by atoms with van der Waals surface area (Å²) in [7, 11) is 0. The van der Waals surface area contributed by atoms with Crippen LogP contribution in [0.3, 0.4) is 0 Å². The van der Waals surface area contributed by atoms with E-state index in [2.05, 4.69) is 35.1 Å². The second-order valence-corrected chi connectivity index (χ2v) is 5.98. The van der Waals surface area contributed by atoms with Gasteiger partial charge in [-0.15, -0.1) is 0 Å². The Morgan fingerprint density at radius 2 is 2.22 bits per heavy atom. The third-order valence-electron chi connectivity index (χ3n) is 3.53. The smallest absolute Gasteiger partial charge is 0.268 e. The predicted octanol–water partition coefficient (Wildman–Crippen LogP) is 2.37. The minimum Gasteiger partial charge on any atom is -0.344 e. The zero-order chi connectivity index (χ0) is 13.9. The fourth-order valence-corrected chi connectivity index (χ4v) is 2.15. The Morgan fingerprint density at radius 3 is 2.67 bits per heavy atom. The van der Waals surface area contributed by atoms with Crippen molar-refractivity contribution in [3.8, 4) is 0 Å². The number of halogens is 1. The summed E-state index contributed by atoms with van der Waals surface area (Å²) in [5, 5.41) is 3.04. The van der Waals surface area contributed by atoms with Crippen molar-refractivity contribution in [1.82, 2.24) is 9.88 Å². The summed E-state index contributed by atoms with van der Waals surface area (Å²) in [4.78, 5) is 12.3. The monoisotopic (exact) mass is 315 g/mol. The molecule has 0 aliphatic heterocycles. The summed E-state index contributed by atoms with van der Waals surface area (Å²) < 4.78 is 2.82. The molecular formula is C13H22BrN3O. The van der Waals surface area contributed by atoms with Gasteiger partial charge >= 0.3 is 0 Å². The lowest BCUT2D eigenvalue weighted by molar-refractivity contribution is 0.0873. The van der Waals surface area contributed by atoms with Gasteiger partial charge in [-0.1, -0.05) is 13.8 Å². The van der Waals surface area contributed by atoms with Crippen LogP contribution in [-0.4, -0.2) is 22.6 Å². The molecule has 102 valence electrons. The quantitative estimate of drug-likeness (QED) is 0.876. The van der Waals surface area contributed by atoms with E-state index in [1.165, 1.54) is 0 Å². The second kappa shape index (κ2) is 5.89. The van der Waals surface area contributed by atoms with E-state index < -0.39 is 0 Å². The molecule has 0 saturated heterocycles. The number of aromatic nitrogens is 1. The number of amides is 1. The molecule has 0 bridgehead atoms. The minimum absolute atomic E-state index is 0.0794. The summed E-state index contributed by atoms with van der Waals surface area (Å²) >= 11 is 3.39. The van der Waals surface area contributed by atoms with Crippen LogP contribution < -0.4 is 11.1 Å². The molecule has 0 saturated carbocycles. The normalized spacial score (nSPS) is 14.6. The molecule has 1 amide bonds. The Morgan fingerprint density at radius 1 is 1.61 bits per heavy atom. The van der Waals surface area contributed by atoms with Crippen molar-refractivity contribution in [3.05, 3.63) is 22.4 Å². The maximum Gasteiger partial charge on any atom is 0.268 e. The Kier molecular flexibility index (Phi) is 4.99. The molecule has 0 aliphatic rings. The molecule has 1 heterocycles. The van der Waals surface area contributed by atoms with E-state index in [9.17, 15) is 4.79 Å². The van der Waals surface area contributed by atoms with Crippen molar-refractivity contribution in [2.75, 3.05) is 6.54 Å². The molecule has 0 spiro atoms. The number of hydrogen-bond donors (Lipinski definition) is 2. The van der Waals surface area contributed by atoms with Crippen molar-refractivity contribution < 1.29 is 4.79 Å². The zero-order valence-corrected chi connectivity index (χ0v) is 13.0. The average molecular weight is 316 g/mol. The molecule has 0 aromatic carbocycles. The van der Waals surface area contributed by atoms with E-state index in [-0.39, 0.29) is 17.4 Å². The highest BCUT2D eigenvalue weighted by atomic mass is 79.9. The second-order valence-electron chi connectivity index (χ2n) is 5.06. The van der Waals surface area contributed by atoms with Crippen molar-refractivity contribution in [2.24, 2.45) is 11.7 Å². The molecule has 3 N–H and O–H groups in total. The number of nitrogens with two attached hydrogens (primary N) is 1. The van der Waals surface area contributed by atoms with Crippen LogP contribution in [-0.2, 0) is 6.54 Å². The van der Waals surface area contributed by atoms with E-state index in [1.54, 1.807) is 0 Å². The summed E-state index contributed by atoms with van der Waals surface area (Å²) in [5.74, 6) is 0.198. The number of aryl methyl sites for hydroxylation is 1. The van der Waals surface area contributed by atoms with E-state index >= 15 is 0 Å². The first kappa shape index (κ1) is 15.2. The largest absolute Gasteiger partial charge is 0.344 e. The average Bonchev–Trinajstić information content (AvgIpc) is 2.70.